The van der Waals surface area contributed by atoms with Gasteiger partial charge in [0.05, 0.1) is 13.2 Å². The van der Waals surface area contributed by atoms with Gasteiger partial charge in [-0.1, -0.05) is 0 Å². The van der Waals surface area contributed by atoms with Gasteiger partial charge in [0.25, 0.3) is 0 Å². The van der Waals surface area contributed by atoms with Crippen molar-refractivity contribution in [3.63, 3.8) is 0 Å². The highest BCUT2D eigenvalue weighted by molar-refractivity contribution is 5.85. The number of piperidine rings is 1. The zero-order chi connectivity index (χ0) is 14.9. The van der Waals surface area contributed by atoms with Crippen LogP contribution in [0, 0.1) is 11.3 Å². The van der Waals surface area contributed by atoms with Crippen molar-refractivity contribution in [2.75, 3.05) is 45.9 Å². The fraction of sp³-hybridized carbons (Fsp3) is 0.938. The molecule has 0 aromatic rings. The number of carbonyl (C=O) groups excluding carboxylic acids is 1. The van der Waals surface area contributed by atoms with E-state index >= 15 is 0 Å². The van der Waals surface area contributed by atoms with Gasteiger partial charge in [-0.2, -0.15) is 0 Å². The lowest BCUT2D eigenvalue weighted by atomic mass is 9.92. The number of hydrogen-bond donors (Lipinski definition) is 2. The van der Waals surface area contributed by atoms with Crippen molar-refractivity contribution in [3.05, 3.63) is 0 Å². The molecule has 3 aliphatic rings. The fourth-order valence-corrected chi connectivity index (χ4v) is 3.94. The van der Waals surface area contributed by atoms with E-state index in [2.05, 4.69) is 29.4 Å². The highest BCUT2D eigenvalue weighted by atomic mass is 35.5. The zero-order valence-corrected chi connectivity index (χ0v) is 15.9. The molecule has 2 N–H and O–H groups in total. The van der Waals surface area contributed by atoms with Gasteiger partial charge in [-0.3, -0.25) is 9.69 Å². The summed E-state index contributed by atoms with van der Waals surface area (Å²) < 4.78 is 5.53. The average Bonchev–Trinajstić information content (AvgIpc) is 3.14. The van der Waals surface area contributed by atoms with Crippen LogP contribution in [0.4, 0.5) is 0 Å². The fourth-order valence-electron chi connectivity index (χ4n) is 3.94. The van der Waals surface area contributed by atoms with E-state index < -0.39 is 0 Å². The SMILES string of the molecule is CC1(C)COCCN1CCNC(=O)C1CC12CCNCC2.Cl.Cl. The van der Waals surface area contributed by atoms with Gasteiger partial charge in [0.2, 0.25) is 5.91 Å². The van der Waals surface area contributed by atoms with Gasteiger partial charge in [-0.25, -0.2) is 0 Å². The second-order valence-electron chi connectivity index (χ2n) is 7.51. The van der Waals surface area contributed by atoms with Crippen LogP contribution in [0.25, 0.3) is 0 Å². The molecule has 3 rings (SSSR count). The Morgan fingerprint density at radius 3 is 2.65 bits per heavy atom. The van der Waals surface area contributed by atoms with Crippen molar-refractivity contribution in [2.24, 2.45) is 11.3 Å². The largest absolute Gasteiger partial charge is 0.378 e. The third kappa shape index (κ3) is 4.73. The number of amides is 1. The summed E-state index contributed by atoms with van der Waals surface area (Å²) in [5, 5.41) is 6.54. The molecule has 1 unspecified atom stereocenters. The van der Waals surface area contributed by atoms with Gasteiger partial charge in [-0.15, -0.1) is 24.8 Å². The van der Waals surface area contributed by atoms with E-state index in [0.717, 1.165) is 52.4 Å². The summed E-state index contributed by atoms with van der Waals surface area (Å²) >= 11 is 0. The van der Waals surface area contributed by atoms with E-state index in [-0.39, 0.29) is 42.2 Å². The predicted octanol–water partition coefficient (Wildman–Crippen LogP) is 1.45. The maximum Gasteiger partial charge on any atom is 0.223 e. The first-order valence-corrected chi connectivity index (χ1v) is 8.35. The van der Waals surface area contributed by atoms with E-state index in [9.17, 15) is 4.79 Å². The van der Waals surface area contributed by atoms with Crippen LogP contribution in [0.2, 0.25) is 0 Å². The second kappa shape index (κ2) is 8.34. The first-order valence-electron chi connectivity index (χ1n) is 8.35. The number of ether oxygens (including phenoxy) is 1. The summed E-state index contributed by atoms with van der Waals surface area (Å²) in [7, 11) is 0. The highest BCUT2D eigenvalue weighted by Crippen LogP contribution is 2.58. The molecular formula is C16H31Cl2N3O2. The van der Waals surface area contributed by atoms with Crippen LogP contribution in [0.15, 0.2) is 0 Å². The van der Waals surface area contributed by atoms with E-state index in [1.807, 2.05) is 0 Å². The maximum atomic E-state index is 12.3. The van der Waals surface area contributed by atoms with E-state index in [1.54, 1.807) is 0 Å². The van der Waals surface area contributed by atoms with E-state index in [0.29, 0.717) is 5.41 Å². The second-order valence-corrected chi connectivity index (χ2v) is 7.51. The molecule has 0 aromatic carbocycles. The molecule has 1 amide bonds. The lowest BCUT2D eigenvalue weighted by Gasteiger charge is -2.42. The normalized spacial score (nSPS) is 28.3. The topological polar surface area (TPSA) is 53.6 Å². The lowest BCUT2D eigenvalue weighted by molar-refractivity contribution is -0.123. The summed E-state index contributed by atoms with van der Waals surface area (Å²) in [6.45, 7) is 10.8. The number of morpholine rings is 1. The van der Waals surface area contributed by atoms with E-state index in [4.69, 9.17) is 4.74 Å². The lowest BCUT2D eigenvalue weighted by Crippen LogP contribution is -2.54. The number of hydrogen-bond acceptors (Lipinski definition) is 4. The van der Waals surface area contributed by atoms with Gasteiger partial charge in [0.15, 0.2) is 0 Å². The van der Waals surface area contributed by atoms with E-state index in [1.165, 1.54) is 12.8 Å². The number of nitrogens with zero attached hydrogens (tertiary/aromatic N) is 1. The first kappa shape index (κ1) is 21.0. The molecule has 2 saturated heterocycles. The summed E-state index contributed by atoms with van der Waals surface area (Å²) in [5.74, 6) is 0.556. The minimum Gasteiger partial charge on any atom is -0.378 e. The molecular weight excluding hydrogens is 337 g/mol. The maximum absolute atomic E-state index is 12.3. The Morgan fingerprint density at radius 2 is 2.00 bits per heavy atom. The van der Waals surface area contributed by atoms with Crippen LogP contribution < -0.4 is 10.6 Å². The molecule has 3 fully saturated rings. The average molecular weight is 368 g/mol. The van der Waals surface area contributed by atoms with Crippen molar-refractivity contribution >= 4 is 30.7 Å². The molecule has 0 aromatic heterocycles. The summed E-state index contributed by atoms with van der Waals surface area (Å²) in [4.78, 5) is 14.7. The van der Waals surface area contributed by atoms with Crippen molar-refractivity contribution < 1.29 is 9.53 Å². The van der Waals surface area contributed by atoms with Crippen molar-refractivity contribution in [1.29, 1.82) is 0 Å². The first-order chi connectivity index (χ1) is 10.0. The predicted molar refractivity (Wildman–Crippen MR) is 96.6 cm³/mol. The quantitative estimate of drug-likeness (QED) is 0.789. The molecule has 1 aliphatic carbocycles. The molecule has 23 heavy (non-hydrogen) atoms. The van der Waals surface area contributed by atoms with Crippen molar-refractivity contribution in [1.82, 2.24) is 15.5 Å². The van der Waals surface area contributed by atoms with Crippen LogP contribution in [-0.4, -0.2) is 62.3 Å². The zero-order valence-electron chi connectivity index (χ0n) is 14.2. The molecule has 1 saturated carbocycles. The summed E-state index contributed by atoms with van der Waals surface area (Å²) in [5.41, 5.74) is 0.423. The van der Waals surface area contributed by atoms with Gasteiger partial charge < -0.3 is 15.4 Å². The minimum absolute atomic E-state index is 0. The molecule has 7 heteroatoms. The number of carbonyl (C=O) groups is 1. The van der Waals surface area contributed by atoms with Crippen LogP contribution in [0.1, 0.15) is 33.1 Å². The number of halogens is 2. The summed E-state index contributed by atoms with van der Waals surface area (Å²) in [6, 6.07) is 0. The Balaban J connectivity index is 0.00000132. The van der Waals surface area contributed by atoms with Crippen LogP contribution in [0.3, 0.4) is 0 Å². The molecule has 2 heterocycles. The molecule has 2 aliphatic heterocycles. The van der Waals surface area contributed by atoms with Gasteiger partial charge >= 0.3 is 0 Å². The van der Waals surface area contributed by atoms with Gasteiger partial charge in [0, 0.05) is 31.1 Å². The molecule has 136 valence electrons. The number of rotatable bonds is 4. The Labute approximate surface area is 152 Å². The van der Waals surface area contributed by atoms with Crippen LogP contribution >= 0.6 is 24.8 Å². The van der Waals surface area contributed by atoms with Gasteiger partial charge in [-0.05, 0) is 51.6 Å². The molecule has 0 bridgehead atoms. The number of nitrogens with one attached hydrogen (secondary N) is 2. The van der Waals surface area contributed by atoms with Crippen LogP contribution in [0.5, 0.6) is 0 Å². The monoisotopic (exact) mass is 367 g/mol. The Morgan fingerprint density at radius 1 is 1.30 bits per heavy atom. The van der Waals surface area contributed by atoms with Crippen molar-refractivity contribution in [3.8, 4) is 0 Å². The molecule has 1 atom stereocenters. The molecule has 0 radical (unpaired) electrons. The third-order valence-corrected chi connectivity index (χ3v) is 5.60. The Kier molecular flexibility index (Phi) is 7.61. The summed E-state index contributed by atoms with van der Waals surface area (Å²) in [6.07, 6.45) is 3.44. The minimum atomic E-state index is 0. The molecule has 1 spiro atoms. The Bertz CT molecular complexity index is 401. The third-order valence-electron chi connectivity index (χ3n) is 5.60. The smallest absolute Gasteiger partial charge is 0.223 e. The van der Waals surface area contributed by atoms with Crippen LogP contribution in [-0.2, 0) is 9.53 Å². The van der Waals surface area contributed by atoms with Gasteiger partial charge in [0.1, 0.15) is 0 Å². The highest BCUT2D eigenvalue weighted by Gasteiger charge is 2.57. The standard InChI is InChI=1S/C16H29N3O2.2ClH/c1-15(2)12-21-10-9-19(15)8-7-18-14(20)13-11-16(13)3-5-17-6-4-16;;/h13,17H,3-12H2,1-2H3,(H,18,20);2*1H. The van der Waals surface area contributed by atoms with Crippen molar-refractivity contribution in [2.45, 2.75) is 38.6 Å². The Hall–Kier alpha value is -0.0700. The molecule has 5 nitrogen and oxygen atoms in total.